The Morgan fingerprint density at radius 2 is 2.00 bits per heavy atom. The fraction of sp³-hybridized carbons (Fsp3) is 0.632. The van der Waals surface area contributed by atoms with E-state index >= 15 is 0 Å². The largest absolute Gasteiger partial charge is 0.480 e. The number of piperidine rings is 1. The Balaban J connectivity index is 1.85. The van der Waals surface area contributed by atoms with Gasteiger partial charge in [-0.1, -0.05) is 32.0 Å². The fourth-order valence-corrected chi connectivity index (χ4v) is 3.08. The fourth-order valence-electron chi connectivity index (χ4n) is 3.08. The standard InChI is InChI=1S/C19H30N2O2/c1-4-12-21-13-10-16(11-14-21)20-19(22)17(5-2)23-18-9-7-6-8-15(18)3/h6-9,16-17H,4-5,10-14H2,1-3H3,(H,20,22)/t17-/m0/s1. The molecule has 1 aromatic carbocycles. The maximum Gasteiger partial charge on any atom is 0.261 e. The van der Waals surface area contributed by atoms with Crippen molar-refractivity contribution in [3.63, 3.8) is 0 Å². The van der Waals surface area contributed by atoms with Gasteiger partial charge in [-0.15, -0.1) is 0 Å². The second-order valence-electron chi connectivity index (χ2n) is 6.40. The zero-order chi connectivity index (χ0) is 16.7. The number of benzene rings is 1. The first kappa shape index (κ1) is 17.8. The van der Waals surface area contributed by atoms with E-state index in [4.69, 9.17) is 4.74 Å². The molecule has 1 fully saturated rings. The number of nitrogens with one attached hydrogen (secondary N) is 1. The number of carbonyl (C=O) groups excluding carboxylic acids is 1. The van der Waals surface area contributed by atoms with Crippen LogP contribution in [0, 0.1) is 6.92 Å². The minimum atomic E-state index is -0.412. The second kappa shape index (κ2) is 8.92. The van der Waals surface area contributed by atoms with Crippen LogP contribution in [0.1, 0.15) is 45.1 Å². The summed E-state index contributed by atoms with van der Waals surface area (Å²) >= 11 is 0. The van der Waals surface area contributed by atoms with Crippen molar-refractivity contribution in [3.8, 4) is 5.75 Å². The first-order valence-electron chi connectivity index (χ1n) is 8.89. The van der Waals surface area contributed by atoms with Gasteiger partial charge < -0.3 is 15.0 Å². The third-order valence-electron chi connectivity index (χ3n) is 4.50. The summed E-state index contributed by atoms with van der Waals surface area (Å²) in [6.07, 6.45) is 3.53. The summed E-state index contributed by atoms with van der Waals surface area (Å²) in [7, 11) is 0. The van der Waals surface area contributed by atoms with Crippen LogP contribution in [0.2, 0.25) is 0 Å². The molecule has 2 rings (SSSR count). The van der Waals surface area contributed by atoms with Crippen LogP contribution < -0.4 is 10.1 Å². The molecule has 128 valence electrons. The van der Waals surface area contributed by atoms with E-state index in [0.29, 0.717) is 6.42 Å². The van der Waals surface area contributed by atoms with Crippen LogP contribution in [-0.2, 0) is 4.79 Å². The van der Waals surface area contributed by atoms with Crippen molar-refractivity contribution >= 4 is 5.91 Å². The van der Waals surface area contributed by atoms with E-state index < -0.39 is 6.10 Å². The Labute approximate surface area is 140 Å². The third kappa shape index (κ3) is 5.24. The first-order chi connectivity index (χ1) is 11.1. The van der Waals surface area contributed by atoms with Gasteiger partial charge in [0.2, 0.25) is 0 Å². The molecule has 0 bridgehead atoms. The van der Waals surface area contributed by atoms with E-state index in [2.05, 4.69) is 17.1 Å². The molecule has 1 N–H and O–H groups in total. The summed E-state index contributed by atoms with van der Waals surface area (Å²) in [6.45, 7) is 9.52. The Morgan fingerprint density at radius 1 is 1.30 bits per heavy atom. The van der Waals surface area contributed by atoms with Crippen LogP contribution in [0.15, 0.2) is 24.3 Å². The summed E-state index contributed by atoms with van der Waals surface area (Å²) in [5.74, 6) is 0.817. The lowest BCUT2D eigenvalue weighted by Gasteiger charge is -2.32. The van der Waals surface area contributed by atoms with Crippen LogP contribution in [0.5, 0.6) is 5.75 Å². The topological polar surface area (TPSA) is 41.6 Å². The van der Waals surface area contributed by atoms with Gasteiger partial charge in [0.1, 0.15) is 5.75 Å². The van der Waals surface area contributed by atoms with Crippen LogP contribution in [0.25, 0.3) is 0 Å². The maximum atomic E-state index is 12.5. The molecular formula is C19H30N2O2. The Bertz CT molecular complexity index is 496. The van der Waals surface area contributed by atoms with Gasteiger partial charge in [0.25, 0.3) is 5.91 Å². The molecule has 1 atom stereocenters. The molecule has 1 aliphatic rings. The highest BCUT2D eigenvalue weighted by Crippen LogP contribution is 2.19. The summed E-state index contributed by atoms with van der Waals surface area (Å²) in [4.78, 5) is 15.0. The van der Waals surface area contributed by atoms with Crippen LogP contribution in [0.4, 0.5) is 0 Å². The van der Waals surface area contributed by atoms with Gasteiger partial charge in [-0.3, -0.25) is 4.79 Å². The average molecular weight is 318 g/mol. The molecule has 0 aromatic heterocycles. The molecule has 0 radical (unpaired) electrons. The predicted octanol–water partition coefficient (Wildman–Crippen LogP) is 3.14. The molecular weight excluding hydrogens is 288 g/mol. The van der Waals surface area contributed by atoms with Gasteiger partial charge in [-0.25, -0.2) is 0 Å². The van der Waals surface area contributed by atoms with Crippen LogP contribution in [0.3, 0.4) is 0 Å². The number of rotatable bonds is 7. The number of para-hydroxylation sites is 1. The molecule has 0 saturated carbocycles. The van der Waals surface area contributed by atoms with Gasteiger partial charge in [0.05, 0.1) is 0 Å². The van der Waals surface area contributed by atoms with Crippen molar-refractivity contribution < 1.29 is 9.53 Å². The van der Waals surface area contributed by atoms with E-state index in [1.165, 1.54) is 6.42 Å². The molecule has 1 saturated heterocycles. The second-order valence-corrected chi connectivity index (χ2v) is 6.40. The quantitative estimate of drug-likeness (QED) is 0.840. The van der Waals surface area contributed by atoms with Gasteiger partial charge in [-0.2, -0.15) is 0 Å². The normalized spacial score (nSPS) is 17.7. The molecule has 23 heavy (non-hydrogen) atoms. The lowest BCUT2D eigenvalue weighted by molar-refractivity contribution is -0.129. The highest BCUT2D eigenvalue weighted by molar-refractivity contribution is 5.81. The smallest absolute Gasteiger partial charge is 0.261 e. The van der Waals surface area contributed by atoms with E-state index in [9.17, 15) is 4.79 Å². The molecule has 1 aromatic rings. The Hall–Kier alpha value is -1.55. The SMILES string of the molecule is CCCN1CCC(NC(=O)[C@H](CC)Oc2ccccc2C)CC1. The molecule has 0 aliphatic carbocycles. The number of amides is 1. The maximum absolute atomic E-state index is 12.5. The summed E-state index contributed by atoms with van der Waals surface area (Å²) in [5.41, 5.74) is 1.06. The number of aryl methyl sites for hydroxylation is 1. The molecule has 4 nitrogen and oxygen atoms in total. The van der Waals surface area contributed by atoms with Crippen molar-refractivity contribution in [1.29, 1.82) is 0 Å². The Kier molecular flexibility index (Phi) is 6.90. The molecule has 4 heteroatoms. The lowest BCUT2D eigenvalue weighted by Crippen LogP contribution is -2.48. The van der Waals surface area contributed by atoms with E-state index in [1.807, 2.05) is 38.1 Å². The van der Waals surface area contributed by atoms with Gasteiger partial charge in [0, 0.05) is 19.1 Å². The molecule has 0 spiro atoms. The molecule has 1 aliphatic heterocycles. The lowest BCUT2D eigenvalue weighted by atomic mass is 10.0. The molecule has 1 heterocycles. The minimum Gasteiger partial charge on any atom is -0.480 e. The van der Waals surface area contributed by atoms with Crippen molar-refractivity contribution in [3.05, 3.63) is 29.8 Å². The average Bonchev–Trinajstić information content (AvgIpc) is 2.56. The third-order valence-corrected chi connectivity index (χ3v) is 4.50. The first-order valence-corrected chi connectivity index (χ1v) is 8.89. The van der Waals surface area contributed by atoms with Gasteiger partial charge in [0.15, 0.2) is 6.10 Å². The number of carbonyl (C=O) groups is 1. The predicted molar refractivity (Wildman–Crippen MR) is 93.8 cm³/mol. The molecule has 0 unspecified atom stereocenters. The van der Waals surface area contributed by atoms with E-state index in [-0.39, 0.29) is 11.9 Å². The summed E-state index contributed by atoms with van der Waals surface area (Å²) in [5, 5.41) is 3.18. The number of hydrogen-bond donors (Lipinski definition) is 1. The van der Waals surface area contributed by atoms with Crippen LogP contribution in [-0.4, -0.2) is 42.6 Å². The summed E-state index contributed by atoms with van der Waals surface area (Å²) in [6, 6.07) is 8.13. The van der Waals surface area contributed by atoms with Crippen LogP contribution >= 0.6 is 0 Å². The van der Waals surface area contributed by atoms with Gasteiger partial charge >= 0.3 is 0 Å². The number of hydrogen-bond acceptors (Lipinski definition) is 3. The van der Waals surface area contributed by atoms with Gasteiger partial charge in [-0.05, 0) is 50.8 Å². The van der Waals surface area contributed by atoms with Crippen molar-refractivity contribution in [2.75, 3.05) is 19.6 Å². The van der Waals surface area contributed by atoms with E-state index in [0.717, 1.165) is 43.8 Å². The monoisotopic (exact) mass is 318 g/mol. The minimum absolute atomic E-state index is 0.0182. The molecule has 1 amide bonds. The van der Waals surface area contributed by atoms with Crippen molar-refractivity contribution in [2.24, 2.45) is 0 Å². The van der Waals surface area contributed by atoms with Crippen molar-refractivity contribution in [2.45, 2.75) is 58.6 Å². The zero-order valence-electron chi connectivity index (χ0n) is 14.7. The summed E-state index contributed by atoms with van der Waals surface area (Å²) < 4.78 is 5.93. The van der Waals surface area contributed by atoms with E-state index in [1.54, 1.807) is 0 Å². The van der Waals surface area contributed by atoms with Crippen molar-refractivity contribution in [1.82, 2.24) is 10.2 Å². The Morgan fingerprint density at radius 3 is 2.61 bits per heavy atom. The number of ether oxygens (including phenoxy) is 1. The highest BCUT2D eigenvalue weighted by atomic mass is 16.5. The number of likely N-dealkylation sites (tertiary alicyclic amines) is 1. The zero-order valence-corrected chi connectivity index (χ0v) is 14.7. The highest BCUT2D eigenvalue weighted by Gasteiger charge is 2.25. The number of nitrogens with zero attached hydrogens (tertiary/aromatic N) is 1.